The van der Waals surface area contributed by atoms with Crippen LogP contribution in [0, 0.1) is 7.05 Å². The molecular weight excluding hydrogens is 238 g/mol. The molecule has 4 heteroatoms. The molecule has 2 fully saturated rings. The van der Waals surface area contributed by atoms with Crippen molar-refractivity contribution in [3.05, 3.63) is 36.1 Å². The number of aromatic nitrogens is 1. The number of ether oxygens (including phenoxy) is 1. The summed E-state index contributed by atoms with van der Waals surface area (Å²) in [5, 5.41) is 0. The highest BCUT2D eigenvalue weighted by Gasteiger charge is 2.39. The van der Waals surface area contributed by atoms with Crippen molar-refractivity contribution in [2.45, 2.75) is 38.1 Å². The van der Waals surface area contributed by atoms with Crippen molar-refractivity contribution in [2.24, 2.45) is 0 Å². The second kappa shape index (κ2) is 4.54. The zero-order valence-corrected chi connectivity index (χ0v) is 11.2. The summed E-state index contributed by atoms with van der Waals surface area (Å²) < 4.78 is 5.67. The SMILES string of the molecule is [CH2-]N1CCc2c(ccnc2CN2C[C@H]3C[C@@H]2CO3)C1. The first-order valence-corrected chi connectivity index (χ1v) is 7.16. The molecule has 1 aromatic rings. The average molecular weight is 258 g/mol. The van der Waals surface area contributed by atoms with Gasteiger partial charge in [-0.05, 0) is 43.1 Å². The Balaban J connectivity index is 1.57. The lowest BCUT2D eigenvalue weighted by atomic mass is 9.98. The Kier molecular flexibility index (Phi) is 2.83. The molecule has 0 radical (unpaired) electrons. The quantitative estimate of drug-likeness (QED) is 0.745. The van der Waals surface area contributed by atoms with E-state index in [1.807, 2.05) is 6.20 Å². The van der Waals surface area contributed by atoms with E-state index in [-0.39, 0.29) is 0 Å². The van der Waals surface area contributed by atoms with E-state index in [0.717, 1.165) is 39.2 Å². The first kappa shape index (κ1) is 11.8. The molecule has 0 aromatic carbocycles. The van der Waals surface area contributed by atoms with E-state index in [2.05, 4.69) is 27.9 Å². The summed E-state index contributed by atoms with van der Waals surface area (Å²) in [4.78, 5) is 9.33. The van der Waals surface area contributed by atoms with Crippen molar-refractivity contribution < 1.29 is 4.74 Å². The Hall–Kier alpha value is -0.970. The van der Waals surface area contributed by atoms with Crippen molar-refractivity contribution in [1.82, 2.24) is 14.8 Å². The zero-order chi connectivity index (χ0) is 12.8. The van der Waals surface area contributed by atoms with E-state index in [1.165, 1.54) is 23.2 Å². The third-order valence-electron chi connectivity index (χ3n) is 4.68. The van der Waals surface area contributed by atoms with Gasteiger partial charge in [0.15, 0.2) is 0 Å². The summed E-state index contributed by atoms with van der Waals surface area (Å²) in [7, 11) is 4.05. The minimum atomic E-state index is 0.472. The summed E-state index contributed by atoms with van der Waals surface area (Å²) in [6.45, 7) is 4.98. The summed E-state index contributed by atoms with van der Waals surface area (Å²) >= 11 is 0. The largest absolute Gasteiger partial charge is 0.455 e. The second-order valence-corrected chi connectivity index (χ2v) is 5.97. The van der Waals surface area contributed by atoms with Crippen LogP contribution in [0.3, 0.4) is 0 Å². The van der Waals surface area contributed by atoms with Gasteiger partial charge >= 0.3 is 0 Å². The molecule has 0 spiro atoms. The van der Waals surface area contributed by atoms with Gasteiger partial charge in [-0.25, -0.2) is 0 Å². The highest BCUT2D eigenvalue weighted by Crippen LogP contribution is 2.30. The molecule has 4 rings (SSSR count). The third kappa shape index (κ3) is 2.08. The molecule has 19 heavy (non-hydrogen) atoms. The number of hydrogen-bond donors (Lipinski definition) is 0. The maximum Gasteiger partial charge on any atom is 0.0718 e. The molecule has 4 nitrogen and oxygen atoms in total. The smallest absolute Gasteiger partial charge is 0.0718 e. The highest BCUT2D eigenvalue weighted by atomic mass is 16.5. The summed E-state index contributed by atoms with van der Waals surface area (Å²) in [6.07, 6.45) is 4.72. The van der Waals surface area contributed by atoms with Gasteiger partial charge in [-0.1, -0.05) is 0 Å². The van der Waals surface area contributed by atoms with Crippen LogP contribution < -0.4 is 0 Å². The van der Waals surface area contributed by atoms with Crippen LogP contribution in [0.5, 0.6) is 0 Å². The number of likely N-dealkylation sites (tertiary alicyclic amines) is 1. The fraction of sp³-hybridized carbons (Fsp3) is 0.600. The number of rotatable bonds is 2. The Morgan fingerprint density at radius 2 is 2.42 bits per heavy atom. The van der Waals surface area contributed by atoms with E-state index in [0.29, 0.717) is 12.1 Å². The standard InChI is InChI=1S/C15H20N3O/c1-17-5-3-14-11(7-17)2-4-16-15(14)9-18-8-13-6-12(18)10-19-13/h2,4,12-13H,1,3,5-10H2/q-1/t12-,13-/m1/s1. The van der Waals surface area contributed by atoms with E-state index in [1.54, 1.807) is 0 Å². The molecule has 102 valence electrons. The molecule has 0 unspecified atom stereocenters. The Bertz CT molecular complexity index is 490. The van der Waals surface area contributed by atoms with Gasteiger partial charge in [0.1, 0.15) is 0 Å². The summed E-state index contributed by atoms with van der Waals surface area (Å²) in [6, 6.07) is 2.77. The lowest BCUT2D eigenvalue weighted by Gasteiger charge is -2.33. The molecule has 0 aliphatic carbocycles. The summed E-state index contributed by atoms with van der Waals surface area (Å²) in [5.41, 5.74) is 4.15. The molecule has 0 saturated carbocycles. The maximum atomic E-state index is 5.67. The molecule has 3 aliphatic heterocycles. The van der Waals surface area contributed by atoms with Crippen LogP contribution in [-0.2, 0) is 24.2 Å². The van der Waals surface area contributed by atoms with Crippen LogP contribution >= 0.6 is 0 Å². The fourth-order valence-corrected chi connectivity index (χ4v) is 3.63. The second-order valence-electron chi connectivity index (χ2n) is 5.97. The topological polar surface area (TPSA) is 28.6 Å². The fourth-order valence-electron chi connectivity index (χ4n) is 3.63. The van der Waals surface area contributed by atoms with Crippen molar-refractivity contribution >= 4 is 0 Å². The Morgan fingerprint density at radius 3 is 3.21 bits per heavy atom. The number of morpholine rings is 1. The minimum absolute atomic E-state index is 0.472. The predicted molar refractivity (Wildman–Crippen MR) is 72.3 cm³/mol. The van der Waals surface area contributed by atoms with Gasteiger partial charge in [0.05, 0.1) is 18.4 Å². The number of fused-ring (bicyclic) bond motifs is 3. The Morgan fingerprint density at radius 1 is 1.47 bits per heavy atom. The number of pyridine rings is 1. The summed E-state index contributed by atoms with van der Waals surface area (Å²) in [5.74, 6) is 0. The van der Waals surface area contributed by atoms with Gasteiger partial charge in [0.2, 0.25) is 0 Å². The van der Waals surface area contributed by atoms with Crippen molar-refractivity contribution in [1.29, 1.82) is 0 Å². The molecule has 2 bridgehead atoms. The molecule has 3 aliphatic rings. The molecule has 2 saturated heterocycles. The van der Waals surface area contributed by atoms with Crippen LogP contribution in [0.2, 0.25) is 0 Å². The monoisotopic (exact) mass is 258 g/mol. The molecule has 4 heterocycles. The zero-order valence-electron chi connectivity index (χ0n) is 11.2. The first-order chi connectivity index (χ1) is 9.29. The normalized spacial score (nSPS) is 30.8. The predicted octanol–water partition coefficient (Wildman–Crippen LogP) is 1.20. The van der Waals surface area contributed by atoms with Gasteiger partial charge in [-0.3, -0.25) is 16.9 Å². The van der Waals surface area contributed by atoms with Crippen LogP contribution in [0.25, 0.3) is 0 Å². The molecule has 0 N–H and O–H groups in total. The Labute approximate surface area is 114 Å². The lowest BCUT2D eigenvalue weighted by Crippen LogP contribution is -2.37. The maximum absolute atomic E-state index is 5.67. The lowest BCUT2D eigenvalue weighted by molar-refractivity contribution is 0.0267. The van der Waals surface area contributed by atoms with E-state index in [9.17, 15) is 0 Å². The number of hydrogen-bond acceptors (Lipinski definition) is 4. The van der Waals surface area contributed by atoms with Crippen LogP contribution in [0.4, 0.5) is 0 Å². The van der Waals surface area contributed by atoms with Crippen LogP contribution in [-0.4, -0.2) is 46.6 Å². The van der Waals surface area contributed by atoms with Gasteiger partial charge in [-0.2, -0.15) is 0 Å². The van der Waals surface area contributed by atoms with Crippen LogP contribution in [0.1, 0.15) is 23.2 Å². The van der Waals surface area contributed by atoms with E-state index in [4.69, 9.17) is 4.74 Å². The minimum Gasteiger partial charge on any atom is -0.455 e. The van der Waals surface area contributed by atoms with Crippen molar-refractivity contribution in [3.8, 4) is 0 Å². The molecular formula is C15H20N3O-. The van der Waals surface area contributed by atoms with Crippen LogP contribution in [0.15, 0.2) is 12.3 Å². The number of nitrogens with zero attached hydrogens (tertiary/aromatic N) is 3. The van der Waals surface area contributed by atoms with E-state index >= 15 is 0 Å². The van der Waals surface area contributed by atoms with E-state index < -0.39 is 0 Å². The highest BCUT2D eigenvalue weighted by molar-refractivity contribution is 5.32. The molecule has 0 amide bonds. The van der Waals surface area contributed by atoms with Crippen molar-refractivity contribution in [2.75, 3.05) is 19.7 Å². The van der Waals surface area contributed by atoms with Gasteiger partial charge in [0.25, 0.3) is 0 Å². The van der Waals surface area contributed by atoms with Gasteiger partial charge < -0.3 is 9.64 Å². The van der Waals surface area contributed by atoms with Gasteiger partial charge in [0, 0.05) is 25.3 Å². The van der Waals surface area contributed by atoms with Crippen molar-refractivity contribution in [3.63, 3.8) is 0 Å². The molecule has 2 atom stereocenters. The van der Waals surface area contributed by atoms with Gasteiger partial charge in [-0.15, -0.1) is 0 Å². The molecule has 1 aromatic heterocycles. The average Bonchev–Trinajstić information content (AvgIpc) is 3.01. The first-order valence-electron chi connectivity index (χ1n) is 7.16. The third-order valence-corrected chi connectivity index (χ3v) is 4.68.